The zero-order valence-corrected chi connectivity index (χ0v) is 24.9. The van der Waals surface area contributed by atoms with Gasteiger partial charge < -0.3 is 19.5 Å². The quantitative estimate of drug-likeness (QED) is 0.248. The SMILES string of the molecule is CCOC(=O)C1=C(C)NC(C)(c2nc(C(=O)OCC)c(Cc3ccccc3)s2)C(C(=O)OCC)C1c1ccccc1. The number of nitrogens with zero attached hydrogens (tertiary/aromatic N) is 1. The molecular formula is C32H36N2O6S. The highest BCUT2D eigenvalue weighted by molar-refractivity contribution is 7.12. The molecule has 0 bridgehead atoms. The summed E-state index contributed by atoms with van der Waals surface area (Å²) in [6.45, 7) is 9.47. The van der Waals surface area contributed by atoms with Crippen molar-refractivity contribution in [3.63, 3.8) is 0 Å². The van der Waals surface area contributed by atoms with E-state index in [1.54, 1.807) is 27.7 Å². The molecule has 0 aliphatic carbocycles. The third-order valence-electron chi connectivity index (χ3n) is 7.13. The first-order valence-electron chi connectivity index (χ1n) is 13.8. The van der Waals surface area contributed by atoms with Gasteiger partial charge in [0.1, 0.15) is 10.5 Å². The lowest BCUT2D eigenvalue weighted by atomic mass is 9.67. The maximum Gasteiger partial charge on any atom is 0.358 e. The number of benzene rings is 2. The number of carbonyl (C=O) groups is 3. The van der Waals surface area contributed by atoms with Crippen molar-refractivity contribution >= 4 is 29.2 Å². The fraction of sp³-hybridized carbons (Fsp3) is 0.375. The number of carbonyl (C=O) groups excluding carboxylic acids is 3. The van der Waals surface area contributed by atoms with Crippen molar-refractivity contribution in [3.8, 4) is 0 Å². The van der Waals surface area contributed by atoms with Gasteiger partial charge in [0, 0.05) is 22.9 Å². The van der Waals surface area contributed by atoms with E-state index in [4.69, 9.17) is 19.2 Å². The molecule has 3 unspecified atom stereocenters. The summed E-state index contributed by atoms with van der Waals surface area (Å²) in [5.41, 5.74) is 1.80. The Balaban J connectivity index is 1.94. The van der Waals surface area contributed by atoms with Crippen LogP contribution in [0, 0.1) is 5.92 Å². The molecule has 9 heteroatoms. The highest BCUT2D eigenvalue weighted by Crippen LogP contribution is 2.49. The summed E-state index contributed by atoms with van der Waals surface area (Å²) in [7, 11) is 0. The minimum absolute atomic E-state index is 0.162. The lowest BCUT2D eigenvalue weighted by molar-refractivity contribution is -0.152. The molecular weight excluding hydrogens is 540 g/mol. The van der Waals surface area contributed by atoms with Gasteiger partial charge >= 0.3 is 17.9 Å². The lowest BCUT2D eigenvalue weighted by Gasteiger charge is -2.45. The lowest BCUT2D eigenvalue weighted by Crippen LogP contribution is -2.55. The minimum atomic E-state index is -1.13. The number of esters is 3. The first-order chi connectivity index (χ1) is 19.7. The van der Waals surface area contributed by atoms with E-state index in [9.17, 15) is 14.4 Å². The molecule has 3 atom stereocenters. The Hall–Kier alpha value is -3.98. The van der Waals surface area contributed by atoms with Gasteiger partial charge in [-0.15, -0.1) is 11.3 Å². The van der Waals surface area contributed by atoms with Crippen molar-refractivity contribution in [3.05, 3.63) is 98.6 Å². The minimum Gasteiger partial charge on any atom is -0.466 e. The zero-order chi connectivity index (χ0) is 29.6. The number of hydrogen-bond donors (Lipinski definition) is 1. The van der Waals surface area contributed by atoms with Crippen LogP contribution in [0.15, 0.2) is 71.9 Å². The Kier molecular flexibility index (Phi) is 9.60. The maximum atomic E-state index is 13.9. The summed E-state index contributed by atoms with van der Waals surface area (Å²) in [4.78, 5) is 45.8. The molecule has 0 fully saturated rings. The highest BCUT2D eigenvalue weighted by atomic mass is 32.1. The standard InChI is InChI=1S/C32H36N2O6S/c1-6-38-28(35)24-20(4)34-32(5,26(29(36)39-7-2)25(24)22-17-13-10-14-18-22)31-33-27(30(37)40-8-3)23(41-31)19-21-15-11-9-12-16-21/h9-18,25-26,34H,6-8,19H2,1-5H3. The molecule has 0 amide bonds. The summed E-state index contributed by atoms with van der Waals surface area (Å²) < 4.78 is 16.4. The molecule has 0 saturated carbocycles. The summed E-state index contributed by atoms with van der Waals surface area (Å²) in [5, 5.41) is 3.96. The van der Waals surface area contributed by atoms with Crippen LogP contribution in [-0.2, 0) is 35.8 Å². The predicted molar refractivity (Wildman–Crippen MR) is 156 cm³/mol. The van der Waals surface area contributed by atoms with E-state index in [0.29, 0.717) is 22.7 Å². The smallest absolute Gasteiger partial charge is 0.358 e. The summed E-state index contributed by atoms with van der Waals surface area (Å²) >= 11 is 1.35. The van der Waals surface area contributed by atoms with Crippen LogP contribution < -0.4 is 5.32 Å². The molecule has 1 N–H and O–H groups in total. The molecule has 0 saturated heterocycles. The van der Waals surface area contributed by atoms with Crippen LogP contribution in [0.1, 0.15) is 72.0 Å². The normalized spacial score (nSPS) is 20.2. The molecule has 1 aromatic heterocycles. The molecule has 41 heavy (non-hydrogen) atoms. The van der Waals surface area contributed by atoms with E-state index in [0.717, 1.165) is 16.0 Å². The van der Waals surface area contributed by atoms with Gasteiger partial charge in [-0.2, -0.15) is 0 Å². The molecule has 1 aliphatic heterocycles. The molecule has 216 valence electrons. The van der Waals surface area contributed by atoms with E-state index in [1.165, 1.54) is 11.3 Å². The number of thiazole rings is 1. The van der Waals surface area contributed by atoms with Gasteiger partial charge in [0.25, 0.3) is 0 Å². The van der Waals surface area contributed by atoms with Gasteiger partial charge in [0.05, 0.1) is 31.3 Å². The number of rotatable bonds is 10. The van der Waals surface area contributed by atoms with Crippen LogP contribution in [0.25, 0.3) is 0 Å². The molecule has 3 aromatic rings. The fourth-order valence-electron chi connectivity index (χ4n) is 5.40. The molecule has 0 radical (unpaired) electrons. The Morgan fingerprint density at radius 2 is 1.46 bits per heavy atom. The predicted octanol–water partition coefficient (Wildman–Crippen LogP) is 5.53. The third-order valence-corrected chi connectivity index (χ3v) is 8.42. The summed E-state index contributed by atoms with van der Waals surface area (Å²) in [5.74, 6) is -3.10. The van der Waals surface area contributed by atoms with Crippen LogP contribution in [0.5, 0.6) is 0 Å². The second-order valence-electron chi connectivity index (χ2n) is 9.88. The first kappa shape index (κ1) is 30.0. The Labute approximate surface area is 244 Å². The van der Waals surface area contributed by atoms with Gasteiger partial charge in [-0.25, -0.2) is 14.6 Å². The van der Waals surface area contributed by atoms with Crippen molar-refractivity contribution < 1.29 is 28.6 Å². The Morgan fingerprint density at radius 1 is 0.878 bits per heavy atom. The van der Waals surface area contributed by atoms with Gasteiger partial charge in [-0.1, -0.05) is 60.7 Å². The zero-order valence-electron chi connectivity index (χ0n) is 24.1. The average Bonchev–Trinajstić information content (AvgIpc) is 3.38. The maximum absolute atomic E-state index is 13.9. The second-order valence-corrected chi connectivity index (χ2v) is 11.0. The number of ether oxygens (including phenoxy) is 3. The van der Waals surface area contributed by atoms with Crippen molar-refractivity contribution in [1.29, 1.82) is 0 Å². The topological polar surface area (TPSA) is 104 Å². The van der Waals surface area contributed by atoms with Crippen molar-refractivity contribution in [2.24, 2.45) is 5.92 Å². The van der Waals surface area contributed by atoms with Crippen LogP contribution in [0.4, 0.5) is 0 Å². The van der Waals surface area contributed by atoms with Crippen molar-refractivity contribution in [1.82, 2.24) is 10.3 Å². The van der Waals surface area contributed by atoms with Gasteiger partial charge in [0.15, 0.2) is 5.69 Å². The van der Waals surface area contributed by atoms with Crippen molar-refractivity contribution in [2.75, 3.05) is 19.8 Å². The van der Waals surface area contributed by atoms with Gasteiger partial charge in [0.2, 0.25) is 0 Å². The Bertz CT molecular complexity index is 1420. The van der Waals surface area contributed by atoms with E-state index in [1.807, 2.05) is 67.6 Å². The molecule has 2 heterocycles. The van der Waals surface area contributed by atoms with Crippen molar-refractivity contribution in [2.45, 2.75) is 52.5 Å². The number of nitrogens with one attached hydrogen (secondary N) is 1. The van der Waals surface area contributed by atoms with E-state index >= 15 is 0 Å². The summed E-state index contributed by atoms with van der Waals surface area (Å²) in [6, 6.07) is 19.2. The number of allylic oxidation sites excluding steroid dienone is 1. The number of hydrogen-bond acceptors (Lipinski definition) is 9. The monoisotopic (exact) mass is 576 g/mol. The average molecular weight is 577 g/mol. The van der Waals surface area contributed by atoms with E-state index < -0.39 is 35.3 Å². The van der Waals surface area contributed by atoms with Gasteiger partial charge in [-0.3, -0.25) is 4.79 Å². The second kappa shape index (κ2) is 13.1. The third kappa shape index (κ3) is 6.20. The first-order valence-corrected chi connectivity index (χ1v) is 14.7. The fourth-order valence-corrected chi connectivity index (χ4v) is 6.63. The Morgan fingerprint density at radius 3 is 2.07 bits per heavy atom. The number of aromatic nitrogens is 1. The highest BCUT2D eigenvalue weighted by Gasteiger charge is 2.55. The van der Waals surface area contributed by atoms with Gasteiger partial charge in [-0.05, 0) is 45.7 Å². The largest absolute Gasteiger partial charge is 0.466 e. The van der Waals surface area contributed by atoms with Crippen LogP contribution in [0.2, 0.25) is 0 Å². The molecule has 1 aliphatic rings. The molecule has 2 aromatic carbocycles. The van der Waals surface area contributed by atoms with Crippen LogP contribution in [-0.4, -0.2) is 42.7 Å². The molecule has 4 rings (SSSR count). The summed E-state index contributed by atoms with van der Waals surface area (Å²) in [6.07, 6.45) is 0.470. The molecule has 8 nitrogen and oxygen atoms in total. The van der Waals surface area contributed by atoms with E-state index in [-0.39, 0.29) is 25.5 Å². The van der Waals surface area contributed by atoms with Crippen LogP contribution >= 0.6 is 11.3 Å². The van der Waals surface area contributed by atoms with E-state index in [2.05, 4.69) is 5.32 Å². The molecule has 0 spiro atoms. The van der Waals surface area contributed by atoms with Crippen LogP contribution in [0.3, 0.4) is 0 Å².